The summed E-state index contributed by atoms with van der Waals surface area (Å²) < 4.78 is 11.7. The summed E-state index contributed by atoms with van der Waals surface area (Å²) in [6, 6.07) is 18.1. The van der Waals surface area contributed by atoms with E-state index < -0.39 is 0 Å². The van der Waals surface area contributed by atoms with Gasteiger partial charge in [-0.3, -0.25) is 9.69 Å². The quantitative estimate of drug-likeness (QED) is 0.639. The number of likely N-dealkylation sites (tertiary alicyclic amines) is 1. The number of ether oxygens (including phenoxy) is 1. The lowest BCUT2D eigenvalue weighted by Gasteiger charge is -2.38. The molecule has 1 fully saturated rings. The molecule has 1 N–H and O–H groups in total. The van der Waals surface area contributed by atoms with E-state index in [4.69, 9.17) is 9.26 Å². The normalized spacial score (nSPS) is 21.7. The number of carbonyl (C=O) groups excluding carboxylic acids is 1. The lowest BCUT2D eigenvalue weighted by atomic mass is 9.81. The highest BCUT2D eigenvalue weighted by molar-refractivity contribution is 5.92. The van der Waals surface area contributed by atoms with Crippen molar-refractivity contribution in [3.63, 3.8) is 0 Å². The van der Waals surface area contributed by atoms with Gasteiger partial charge in [-0.25, -0.2) is 0 Å². The zero-order valence-electron chi connectivity index (χ0n) is 18.4. The molecule has 0 spiro atoms. The maximum absolute atomic E-state index is 12.7. The van der Waals surface area contributed by atoms with Crippen LogP contribution in [0.15, 0.2) is 59.1 Å². The molecule has 0 saturated carbocycles. The molecule has 6 nitrogen and oxygen atoms in total. The predicted molar refractivity (Wildman–Crippen MR) is 123 cm³/mol. The minimum absolute atomic E-state index is 0.0773. The summed E-state index contributed by atoms with van der Waals surface area (Å²) in [5.74, 6) is 2.49. The van der Waals surface area contributed by atoms with Gasteiger partial charge < -0.3 is 14.6 Å². The minimum atomic E-state index is 0.0773. The highest BCUT2D eigenvalue weighted by Crippen LogP contribution is 2.34. The molecule has 0 bridgehead atoms. The number of anilines is 1. The van der Waals surface area contributed by atoms with Gasteiger partial charge in [0.1, 0.15) is 11.4 Å². The molecule has 0 radical (unpaired) electrons. The van der Waals surface area contributed by atoms with Crippen molar-refractivity contribution in [3.05, 3.63) is 65.9 Å². The Bertz CT molecular complexity index is 1080. The van der Waals surface area contributed by atoms with Crippen LogP contribution in [0, 0.1) is 18.8 Å². The van der Waals surface area contributed by atoms with Crippen molar-refractivity contribution in [3.8, 4) is 17.0 Å². The van der Waals surface area contributed by atoms with E-state index in [1.54, 1.807) is 0 Å². The van der Waals surface area contributed by atoms with Crippen molar-refractivity contribution in [2.45, 2.75) is 32.7 Å². The van der Waals surface area contributed by atoms with E-state index in [9.17, 15) is 4.79 Å². The van der Waals surface area contributed by atoms with Gasteiger partial charge in [-0.2, -0.15) is 0 Å². The van der Waals surface area contributed by atoms with E-state index in [2.05, 4.69) is 15.4 Å². The maximum Gasteiger partial charge on any atom is 0.224 e. The van der Waals surface area contributed by atoms with Crippen LogP contribution in [-0.2, 0) is 11.3 Å². The monoisotopic (exact) mass is 431 g/mol. The fourth-order valence-corrected chi connectivity index (χ4v) is 4.88. The smallest absolute Gasteiger partial charge is 0.224 e. The van der Waals surface area contributed by atoms with E-state index in [0.717, 1.165) is 66.5 Å². The van der Waals surface area contributed by atoms with Gasteiger partial charge in [0.25, 0.3) is 0 Å². The van der Waals surface area contributed by atoms with Crippen molar-refractivity contribution in [2.75, 3.05) is 25.0 Å². The second kappa shape index (κ2) is 9.17. The third-order valence-corrected chi connectivity index (χ3v) is 6.59. The average Bonchev–Trinajstić information content (AvgIpc) is 3.26. The first-order valence-electron chi connectivity index (χ1n) is 11.4. The molecule has 3 heterocycles. The van der Waals surface area contributed by atoms with Crippen LogP contribution in [0.3, 0.4) is 0 Å². The Labute approximate surface area is 188 Å². The van der Waals surface area contributed by atoms with E-state index >= 15 is 0 Å². The molecule has 1 aromatic heterocycles. The lowest BCUT2D eigenvalue weighted by Crippen LogP contribution is -2.42. The molecule has 2 atom stereocenters. The first kappa shape index (κ1) is 20.8. The maximum atomic E-state index is 12.7. The Balaban J connectivity index is 1.25. The second-order valence-corrected chi connectivity index (χ2v) is 8.98. The van der Waals surface area contributed by atoms with Crippen LogP contribution in [0.2, 0.25) is 0 Å². The van der Waals surface area contributed by atoms with Crippen molar-refractivity contribution >= 4 is 11.6 Å². The molecule has 5 rings (SSSR count). The number of fused-ring (bicyclic) bond motifs is 2. The molecule has 32 heavy (non-hydrogen) atoms. The summed E-state index contributed by atoms with van der Waals surface area (Å²) in [6.45, 7) is 5.30. The fraction of sp³-hybridized carbons (Fsp3) is 0.385. The topological polar surface area (TPSA) is 67.6 Å². The molecule has 0 aliphatic carbocycles. The number of nitrogens with one attached hydrogen (secondary N) is 1. The van der Waals surface area contributed by atoms with Gasteiger partial charge >= 0.3 is 0 Å². The zero-order chi connectivity index (χ0) is 21.9. The van der Waals surface area contributed by atoms with Gasteiger partial charge in [0.2, 0.25) is 5.91 Å². The molecule has 166 valence electrons. The van der Waals surface area contributed by atoms with E-state index in [0.29, 0.717) is 24.9 Å². The third kappa shape index (κ3) is 4.70. The number of hydrogen-bond donors (Lipinski definition) is 1. The molecule has 2 aliphatic heterocycles. The Hall–Kier alpha value is -3.12. The van der Waals surface area contributed by atoms with Crippen LogP contribution in [0.5, 0.6) is 5.75 Å². The van der Waals surface area contributed by atoms with Crippen LogP contribution in [-0.4, -0.2) is 35.7 Å². The van der Waals surface area contributed by atoms with E-state index in [-0.39, 0.29) is 5.91 Å². The summed E-state index contributed by atoms with van der Waals surface area (Å²) in [5, 5.41) is 7.32. The fourth-order valence-electron chi connectivity index (χ4n) is 4.88. The SMILES string of the molecule is Cc1ccc2c(c1)NC(=O)C[C@@H]1CCN(Cc3cc(-c4ccccc4)no3)C[C@@H]1CCO2. The van der Waals surface area contributed by atoms with Gasteiger partial charge in [0.05, 0.1) is 18.8 Å². The zero-order valence-corrected chi connectivity index (χ0v) is 18.4. The number of benzene rings is 2. The van der Waals surface area contributed by atoms with Gasteiger partial charge in [-0.05, 0) is 55.8 Å². The molecule has 1 saturated heterocycles. The molecule has 0 unspecified atom stereocenters. The summed E-state index contributed by atoms with van der Waals surface area (Å²) in [5.41, 5.74) is 3.82. The van der Waals surface area contributed by atoms with Crippen LogP contribution in [0.4, 0.5) is 5.69 Å². The summed E-state index contributed by atoms with van der Waals surface area (Å²) in [6.07, 6.45) is 2.50. The summed E-state index contributed by atoms with van der Waals surface area (Å²) in [7, 11) is 0. The largest absolute Gasteiger partial charge is 0.491 e. The first-order chi connectivity index (χ1) is 15.6. The number of carbonyl (C=O) groups is 1. The van der Waals surface area contributed by atoms with Crippen LogP contribution >= 0.6 is 0 Å². The highest BCUT2D eigenvalue weighted by atomic mass is 16.5. The predicted octanol–water partition coefficient (Wildman–Crippen LogP) is 4.90. The molecule has 2 aromatic carbocycles. The van der Waals surface area contributed by atoms with Gasteiger partial charge in [-0.15, -0.1) is 0 Å². The average molecular weight is 432 g/mol. The standard InChI is InChI=1S/C26H29N3O3/c1-18-7-8-25-24(13-18)27-26(30)14-20-9-11-29(16-21(20)10-12-31-25)17-22-15-23(28-32-22)19-5-3-2-4-6-19/h2-8,13,15,20-21H,9-12,14,16-17H2,1H3,(H,27,30)/t20-,21-/m0/s1. The molecular formula is C26H29N3O3. The Morgan fingerprint density at radius 1 is 1.09 bits per heavy atom. The molecular weight excluding hydrogens is 402 g/mol. The van der Waals surface area contributed by atoms with Crippen molar-refractivity contribution in [1.29, 1.82) is 0 Å². The van der Waals surface area contributed by atoms with Crippen molar-refractivity contribution in [2.24, 2.45) is 11.8 Å². The van der Waals surface area contributed by atoms with Gasteiger partial charge in [0, 0.05) is 24.6 Å². The first-order valence-corrected chi connectivity index (χ1v) is 11.4. The van der Waals surface area contributed by atoms with Crippen molar-refractivity contribution in [1.82, 2.24) is 10.1 Å². The number of aryl methyl sites for hydroxylation is 1. The molecule has 2 aliphatic rings. The van der Waals surface area contributed by atoms with Crippen LogP contribution < -0.4 is 10.1 Å². The second-order valence-electron chi connectivity index (χ2n) is 8.98. The Kier molecular flexibility index (Phi) is 5.95. The highest BCUT2D eigenvalue weighted by Gasteiger charge is 2.32. The summed E-state index contributed by atoms with van der Waals surface area (Å²) in [4.78, 5) is 15.2. The molecule has 1 amide bonds. The Morgan fingerprint density at radius 3 is 2.84 bits per heavy atom. The van der Waals surface area contributed by atoms with Gasteiger partial charge in [0.15, 0.2) is 5.76 Å². The van der Waals surface area contributed by atoms with Crippen molar-refractivity contribution < 1.29 is 14.1 Å². The lowest BCUT2D eigenvalue weighted by molar-refractivity contribution is -0.118. The minimum Gasteiger partial charge on any atom is -0.491 e. The molecule has 3 aromatic rings. The molecule has 6 heteroatoms. The number of rotatable bonds is 3. The van der Waals surface area contributed by atoms with E-state index in [1.165, 1.54) is 0 Å². The van der Waals surface area contributed by atoms with Crippen LogP contribution in [0.1, 0.15) is 30.6 Å². The summed E-state index contributed by atoms with van der Waals surface area (Å²) >= 11 is 0. The Morgan fingerprint density at radius 2 is 1.97 bits per heavy atom. The third-order valence-electron chi connectivity index (χ3n) is 6.59. The van der Waals surface area contributed by atoms with Crippen LogP contribution in [0.25, 0.3) is 11.3 Å². The van der Waals surface area contributed by atoms with Gasteiger partial charge in [-0.1, -0.05) is 41.6 Å². The van der Waals surface area contributed by atoms with E-state index in [1.807, 2.05) is 61.5 Å². The number of amides is 1. The number of hydrogen-bond acceptors (Lipinski definition) is 5. The number of nitrogens with zero attached hydrogens (tertiary/aromatic N) is 2. The number of aromatic nitrogens is 1. The number of piperidine rings is 1.